The third-order valence-electron chi connectivity index (χ3n) is 8.84. The fraction of sp³-hybridized carbons (Fsp3) is 0.174. The molecule has 6 rings (SSSR count). The minimum absolute atomic E-state index is 0.0224. The number of nitrogens with two attached hydrogens (primary N) is 1. The molecular formula is C46H45Cl3N2O6S2. The van der Waals surface area contributed by atoms with Crippen LogP contribution in [0, 0.1) is 0 Å². The normalized spacial score (nSPS) is 11.6. The quantitative estimate of drug-likeness (QED) is 0.0880. The summed E-state index contributed by atoms with van der Waals surface area (Å²) in [6.45, 7) is 12.4. The Morgan fingerprint density at radius 3 is 1.34 bits per heavy atom. The molecule has 0 saturated heterocycles. The lowest BCUT2D eigenvalue weighted by Gasteiger charge is -2.19. The number of hydrogen-bond donors (Lipinski definition) is 2. The van der Waals surface area contributed by atoms with Crippen molar-refractivity contribution in [2.24, 2.45) is 0 Å². The van der Waals surface area contributed by atoms with Crippen molar-refractivity contribution in [3.8, 4) is 0 Å². The second-order valence-corrected chi connectivity index (χ2v) is 20.5. The summed E-state index contributed by atoms with van der Waals surface area (Å²) in [6.07, 6.45) is 0. The number of nitrogen functional groups attached to an aromatic ring is 1. The van der Waals surface area contributed by atoms with E-state index in [-0.39, 0.29) is 43.4 Å². The fourth-order valence-corrected chi connectivity index (χ4v) is 7.66. The van der Waals surface area contributed by atoms with Crippen molar-refractivity contribution in [2.45, 2.75) is 62.2 Å². The molecule has 0 saturated carbocycles. The molecule has 6 aromatic carbocycles. The van der Waals surface area contributed by atoms with Gasteiger partial charge in [0.05, 0.1) is 15.5 Å². The zero-order valence-corrected chi connectivity index (χ0v) is 37.2. The van der Waals surface area contributed by atoms with E-state index in [0.717, 1.165) is 11.1 Å². The number of rotatable bonds is 8. The number of halogens is 3. The maximum absolute atomic E-state index is 12.9. The van der Waals surface area contributed by atoms with Crippen molar-refractivity contribution in [1.29, 1.82) is 0 Å². The van der Waals surface area contributed by atoms with Gasteiger partial charge in [-0.1, -0.05) is 150 Å². The van der Waals surface area contributed by atoms with E-state index in [0.29, 0.717) is 32.4 Å². The molecule has 0 heterocycles. The van der Waals surface area contributed by atoms with Crippen LogP contribution in [-0.4, -0.2) is 28.4 Å². The van der Waals surface area contributed by atoms with Gasteiger partial charge in [0.2, 0.25) is 0 Å². The van der Waals surface area contributed by atoms with E-state index < -0.39 is 19.1 Å². The van der Waals surface area contributed by atoms with Crippen molar-refractivity contribution >= 4 is 75.9 Å². The van der Waals surface area contributed by atoms with Crippen LogP contribution in [0.4, 0.5) is 11.4 Å². The van der Waals surface area contributed by atoms with Gasteiger partial charge >= 0.3 is 0 Å². The van der Waals surface area contributed by atoms with E-state index in [4.69, 9.17) is 39.6 Å². The standard InChI is InChI=1S/C23H22ClNO3S.C13H10ClNO.C10H13ClO2S/c1-23(2,3)17-9-12-19(13-10-17)29(27,28)25-21-14-11-18(24)15-20(21)22(26)16-7-5-4-6-8-16;14-10-6-7-12(15)11(8-10)13(16)9-4-2-1-3-5-9;1-10(2,3)8-4-6-9(7-5-8)14(11,12)13/h4-15,25H,1-3H3;1-8H,15H2;4-7H,1-3H3. The van der Waals surface area contributed by atoms with Crippen LogP contribution in [-0.2, 0) is 29.9 Å². The molecule has 0 aromatic heterocycles. The summed E-state index contributed by atoms with van der Waals surface area (Å²) in [6, 6.07) is 40.4. The minimum Gasteiger partial charge on any atom is -0.398 e. The summed E-state index contributed by atoms with van der Waals surface area (Å²) in [7, 11) is -2.27. The molecule has 59 heavy (non-hydrogen) atoms. The van der Waals surface area contributed by atoms with Gasteiger partial charge < -0.3 is 5.73 Å². The van der Waals surface area contributed by atoms with Gasteiger partial charge in [0.1, 0.15) is 0 Å². The van der Waals surface area contributed by atoms with Crippen molar-refractivity contribution in [3.63, 3.8) is 0 Å². The zero-order chi connectivity index (χ0) is 43.8. The monoisotopic (exact) mass is 890 g/mol. The molecule has 308 valence electrons. The molecule has 0 bridgehead atoms. The Kier molecular flexibility index (Phi) is 15.4. The van der Waals surface area contributed by atoms with Gasteiger partial charge in [-0.25, -0.2) is 16.8 Å². The topological polar surface area (TPSA) is 140 Å². The van der Waals surface area contributed by atoms with Crippen LogP contribution in [0.25, 0.3) is 0 Å². The Bertz CT molecular complexity index is 2630. The van der Waals surface area contributed by atoms with Crippen molar-refractivity contribution in [1.82, 2.24) is 0 Å². The Labute approximate surface area is 361 Å². The summed E-state index contributed by atoms with van der Waals surface area (Å²) < 4.78 is 50.3. The van der Waals surface area contributed by atoms with E-state index in [2.05, 4.69) is 46.3 Å². The predicted molar refractivity (Wildman–Crippen MR) is 241 cm³/mol. The number of ketones is 2. The zero-order valence-electron chi connectivity index (χ0n) is 33.3. The Morgan fingerprint density at radius 1 is 0.525 bits per heavy atom. The summed E-state index contributed by atoms with van der Waals surface area (Å²) in [5.74, 6) is -0.422. The van der Waals surface area contributed by atoms with Crippen LogP contribution >= 0.6 is 33.9 Å². The second kappa shape index (κ2) is 19.4. The van der Waals surface area contributed by atoms with Crippen LogP contribution < -0.4 is 10.5 Å². The largest absolute Gasteiger partial charge is 0.398 e. The first-order chi connectivity index (χ1) is 27.5. The number of hydrogen-bond acceptors (Lipinski definition) is 7. The van der Waals surface area contributed by atoms with Crippen molar-refractivity contribution < 1.29 is 26.4 Å². The summed E-state index contributed by atoms with van der Waals surface area (Å²) in [4.78, 5) is 25.3. The molecular weight excluding hydrogens is 847 g/mol. The summed E-state index contributed by atoms with van der Waals surface area (Å²) >= 11 is 11.9. The van der Waals surface area contributed by atoms with E-state index in [1.165, 1.54) is 24.3 Å². The average molecular weight is 892 g/mol. The van der Waals surface area contributed by atoms with Gasteiger partial charge in [-0.3, -0.25) is 14.3 Å². The third kappa shape index (κ3) is 13.3. The molecule has 0 fully saturated rings. The lowest BCUT2D eigenvalue weighted by molar-refractivity contribution is 0.103. The minimum atomic E-state index is -3.87. The molecule has 0 atom stereocenters. The first kappa shape index (κ1) is 46.7. The van der Waals surface area contributed by atoms with Crippen LogP contribution in [0.5, 0.6) is 0 Å². The molecule has 0 spiro atoms. The summed E-state index contributed by atoms with van der Waals surface area (Å²) in [5, 5.41) is 0.857. The van der Waals surface area contributed by atoms with Crippen LogP contribution in [0.2, 0.25) is 10.0 Å². The summed E-state index contributed by atoms with van der Waals surface area (Å²) in [5.41, 5.74) is 10.1. The molecule has 3 N–H and O–H groups in total. The van der Waals surface area contributed by atoms with Gasteiger partial charge in [-0.05, 0) is 82.6 Å². The molecule has 13 heteroatoms. The number of sulfonamides is 1. The molecule has 0 amide bonds. The lowest BCUT2D eigenvalue weighted by atomic mass is 9.87. The smallest absolute Gasteiger partial charge is 0.261 e. The maximum Gasteiger partial charge on any atom is 0.261 e. The number of benzene rings is 6. The molecule has 0 aliphatic rings. The highest BCUT2D eigenvalue weighted by molar-refractivity contribution is 8.13. The first-order valence-electron chi connectivity index (χ1n) is 18.2. The first-order valence-corrected chi connectivity index (χ1v) is 22.7. The van der Waals surface area contributed by atoms with Gasteiger partial charge in [-0.2, -0.15) is 0 Å². The number of nitrogens with one attached hydrogen (secondary N) is 1. The fourth-order valence-electron chi connectivity index (χ4n) is 5.46. The Balaban J connectivity index is 0.000000216. The highest BCUT2D eigenvalue weighted by Gasteiger charge is 2.22. The van der Waals surface area contributed by atoms with Gasteiger partial charge in [0.25, 0.3) is 19.1 Å². The van der Waals surface area contributed by atoms with E-state index in [1.807, 2.05) is 18.2 Å². The van der Waals surface area contributed by atoms with Crippen LogP contribution in [0.1, 0.15) is 84.5 Å². The van der Waals surface area contributed by atoms with Gasteiger partial charge in [0, 0.05) is 48.7 Å². The van der Waals surface area contributed by atoms with E-state index in [9.17, 15) is 26.4 Å². The molecule has 8 nitrogen and oxygen atoms in total. The molecule has 0 aliphatic carbocycles. The Hall–Kier alpha value is -4.97. The van der Waals surface area contributed by atoms with Gasteiger partial charge in [-0.15, -0.1) is 0 Å². The lowest BCUT2D eigenvalue weighted by Crippen LogP contribution is -2.17. The van der Waals surface area contributed by atoms with Crippen molar-refractivity contribution in [2.75, 3.05) is 10.5 Å². The SMILES string of the molecule is CC(C)(C)c1ccc(S(=O)(=O)Cl)cc1.CC(C)(C)c1ccc(S(=O)(=O)Nc2ccc(Cl)cc2C(=O)c2ccccc2)cc1.Nc1ccc(Cl)cc1C(=O)c1ccccc1. The highest BCUT2D eigenvalue weighted by Crippen LogP contribution is 2.29. The molecule has 6 aromatic rings. The highest BCUT2D eigenvalue weighted by atomic mass is 35.7. The molecule has 0 unspecified atom stereocenters. The predicted octanol–water partition coefficient (Wildman–Crippen LogP) is 11.7. The van der Waals surface area contributed by atoms with E-state index >= 15 is 0 Å². The van der Waals surface area contributed by atoms with Gasteiger partial charge in [0.15, 0.2) is 11.6 Å². The third-order valence-corrected chi connectivity index (χ3v) is 12.1. The number of carbonyl (C=O) groups is 2. The Morgan fingerprint density at radius 2 is 0.915 bits per heavy atom. The van der Waals surface area contributed by atoms with Crippen LogP contribution in [0.15, 0.2) is 155 Å². The average Bonchev–Trinajstić information content (AvgIpc) is 3.19. The number of carbonyl (C=O) groups excluding carboxylic acids is 2. The molecule has 0 aliphatic heterocycles. The molecule has 0 radical (unpaired) electrons. The van der Waals surface area contributed by atoms with E-state index in [1.54, 1.807) is 103 Å². The number of anilines is 2. The maximum atomic E-state index is 12.9. The second-order valence-electron chi connectivity index (χ2n) is 15.4. The van der Waals surface area contributed by atoms with Crippen LogP contribution in [0.3, 0.4) is 0 Å². The van der Waals surface area contributed by atoms with Crippen molar-refractivity contribution in [3.05, 3.63) is 189 Å².